The molecule has 0 spiro atoms. The summed E-state index contributed by atoms with van der Waals surface area (Å²) < 4.78 is 1.45. The minimum atomic E-state index is -0.0197. The van der Waals surface area contributed by atoms with E-state index in [4.69, 9.17) is 0 Å². The zero-order valence-corrected chi connectivity index (χ0v) is 11.1. The molecule has 0 aliphatic heterocycles. The van der Waals surface area contributed by atoms with Gasteiger partial charge in [-0.1, -0.05) is 5.75 Å². The Morgan fingerprint density at radius 3 is 2.53 bits per heavy atom. The Kier molecular flexibility index (Phi) is 4.25. The molecule has 6 nitrogen and oxygen atoms in total. The number of hydrogen-bond donors (Lipinski definition) is 1. The first-order chi connectivity index (χ1) is 9.24. The molecule has 0 aliphatic rings. The van der Waals surface area contributed by atoms with Gasteiger partial charge < -0.3 is 10.0 Å². The van der Waals surface area contributed by atoms with Crippen molar-refractivity contribution < 1.29 is 10.0 Å². The van der Waals surface area contributed by atoms with E-state index in [2.05, 4.69) is 29.1 Å². The standard InChI is InChI=1S/C13H17N5O/c1-3-17(4-2)12-6-5-11(13(19)7-12)8-16-18-9-14-15-10-18/h5-10,19H,3-4H2,1-2H3. The van der Waals surface area contributed by atoms with Crippen molar-refractivity contribution in [1.29, 1.82) is 0 Å². The van der Waals surface area contributed by atoms with Gasteiger partial charge in [0.15, 0.2) is 0 Å². The first-order valence-electron chi connectivity index (χ1n) is 6.29. The van der Waals surface area contributed by atoms with Gasteiger partial charge in [0.2, 0.25) is 0 Å². The fraction of sp³-hybridized carbons (Fsp3) is 0.308. The van der Waals surface area contributed by atoms with Gasteiger partial charge in [-0.3, -0.25) is 0 Å². The lowest BCUT2D eigenvalue weighted by atomic mass is 10.2. The number of rotatable bonds is 5. The maximum absolute atomic E-state index is 12.0. The summed E-state index contributed by atoms with van der Waals surface area (Å²) in [7, 11) is 0. The first-order valence-corrected chi connectivity index (χ1v) is 6.29. The van der Waals surface area contributed by atoms with E-state index in [1.54, 1.807) is 12.1 Å². The van der Waals surface area contributed by atoms with E-state index in [0.29, 0.717) is 5.56 Å². The smallest absolute Gasteiger partial charge is 0.141 e. The molecule has 100 valence electrons. The van der Waals surface area contributed by atoms with Crippen molar-refractivity contribution >= 4 is 11.9 Å². The second-order valence-electron chi connectivity index (χ2n) is 4.15. The Hall–Kier alpha value is -2.21. The van der Waals surface area contributed by atoms with Crippen LogP contribution in [0.15, 0.2) is 36.0 Å². The Bertz CT molecular complexity index is 546. The van der Waals surface area contributed by atoms with Crippen LogP contribution in [0.4, 0.5) is 5.69 Å². The van der Waals surface area contributed by atoms with Gasteiger partial charge in [0.25, 0.3) is 0 Å². The van der Waals surface area contributed by atoms with E-state index in [1.165, 1.54) is 28.4 Å². The molecule has 6 heteroatoms. The molecule has 0 amide bonds. The van der Waals surface area contributed by atoms with Gasteiger partial charge in [-0.05, 0) is 37.6 Å². The second-order valence-corrected chi connectivity index (χ2v) is 4.15. The first kappa shape index (κ1) is 13.2. The Labute approximate surface area is 112 Å². The minimum absolute atomic E-state index is 0.0197. The van der Waals surface area contributed by atoms with Crippen LogP contribution in [0, 0.1) is 0 Å². The van der Waals surface area contributed by atoms with Crippen LogP contribution in [0.1, 0.15) is 19.4 Å². The summed E-state index contributed by atoms with van der Waals surface area (Å²) in [4.78, 5) is 1.29. The number of aromatic nitrogens is 3. The van der Waals surface area contributed by atoms with E-state index < -0.39 is 0 Å². The molecule has 2 rings (SSSR count). The maximum atomic E-state index is 12.0. The lowest BCUT2D eigenvalue weighted by Crippen LogP contribution is -3.06. The SMILES string of the molecule is CC[NH+](CC)c1ccc(C=Nn2cnnc2)c([O-])c1. The molecule has 0 saturated carbocycles. The van der Waals surface area contributed by atoms with Crippen LogP contribution in [0.3, 0.4) is 0 Å². The highest BCUT2D eigenvalue weighted by Crippen LogP contribution is 2.15. The molecule has 0 aliphatic carbocycles. The van der Waals surface area contributed by atoms with Crippen LogP contribution in [0.2, 0.25) is 0 Å². The van der Waals surface area contributed by atoms with Crippen molar-refractivity contribution in [2.24, 2.45) is 5.10 Å². The third kappa shape index (κ3) is 3.17. The molecule has 1 aromatic carbocycles. The van der Waals surface area contributed by atoms with Crippen molar-refractivity contribution in [1.82, 2.24) is 14.9 Å². The monoisotopic (exact) mass is 259 g/mol. The van der Waals surface area contributed by atoms with Crippen LogP contribution < -0.4 is 10.0 Å². The van der Waals surface area contributed by atoms with Crippen molar-refractivity contribution in [2.75, 3.05) is 13.1 Å². The second kappa shape index (κ2) is 6.10. The quantitative estimate of drug-likeness (QED) is 0.755. The summed E-state index contributed by atoms with van der Waals surface area (Å²) in [5.41, 5.74) is 1.58. The molecular weight excluding hydrogens is 242 g/mol. The fourth-order valence-corrected chi connectivity index (χ4v) is 1.90. The number of nitrogens with zero attached hydrogens (tertiary/aromatic N) is 4. The van der Waals surface area contributed by atoms with E-state index >= 15 is 0 Å². The molecule has 0 saturated heterocycles. The summed E-state index contributed by atoms with van der Waals surface area (Å²) in [5.74, 6) is -0.0197. The Morgan fingerprint density at radius 2 is 1.95 bits per heavy atom. The molecule has 0 unspecified atom stereocenters. The van der Waals surface area contributed by atoms with E-state index in [1.807, 2.05) is 6.07 Å². The number of nitrogens with one attached hydrogen (secondary N) is 1. The molecule has 2 aromatic rings. The highest BCUT2D eigenvalue weighted by molar-refractivity contribution is 5.83. The summed E-state index contributed by atoms with van der Waals surface area (Å²) >= 11 is 0. The summed E-state index contributed by atoms with van der Waals surface area (Å²) in [6, 6.07) is 5.45. The molecule has 1 N–H and O–H groups in total. The normalized spacial score (nSPS) is 11.5. The average molecular weight is 259 g/mol. The molecule has 19 heavy (non-hydrogen) atoms. The van der Waals surface area contributed by atoms with Crippen LogP contribution in [0.25, 0.3) is 0 Å². The Morgan fingerprint density at radius 1 is 1.26 bits per heavy atom. The molecule has 0 fully saturated rings. The summed E-state index contributed by atoms with van der Waals surface area (Å²) in [6.45, 7) is 6.13. The van der Waals surface area contributed by atoms with Crippen molar-refractivity contribution in [2.45, 2.75) is 13.8 Å². The van der Waals surface area contributed by atoms with Crippen LogP contribution >= 0.6 is 0 Å². The molecule has 0 radical (unpaired) electrons. The minimum Gasteiger partial charge on any atom is -0.872 e. The van der Waals surface area contributed by atoms with E-state index in [9.17, 15) is 5.11 Å². The zero-order valence-electron chi connectivity index (χ0n) is 11.1. The van der Waals surface area contributed by atoms with Crippen LogP contribution in [-0.4, -0.2) is 34.2 Å². The molecule has 1 aromatic heterocycles. The molecule has 1 heterocycles. The fourth-order valence-electron chi connectivity index (χ4n) is 1.90. The maximum Gasteiger partial charge on any atom is 0.141 e. The summed E-state index contributed by atoms with van der Waals surface area (Å²) in [5, 5.41) is 23.3. The van der Waals surface area contributed by atoms with Crippen molar-refractivity contribution in [3.63, 3.8) is 0 Å². The van der Waals surface area contributed by atoms with Gasteiger partial charge in [0.1, 0.15) is 18.3 Å². The predicted octanol–water partition coefficient (Wildman–Crippen LogP) is -0.210. The van der Waals surface area contributed by atoms with E-state index in [-0.39, 0.29) is 5.75 Å². The third-order valence-electron chi connectivity index (χ3n) is 3.01. The highest BCUT2D eigenvalue weighted by atomic mass is 16.3. The third-order valence-corrected chi connectivity index (χ3v) is 3.01. The highest BCUT2D eigenvalue weighted by Gasteiger charge is 2.06. The van der Waals surface area contributed by atoms with Gasteiger partial charge in [0.05, 0.1) is 19.3 Å². The topological polar surface area (TPSA) is 70.6 Å². The Balaban J connectivity index is 2.20. The van der Waals surface area contributed by atoms with Gasteiger partial charge in [0, 0.05) is 0 Å². The lowest BCUT2D eigenvalue weighted by molar-refractivity contribution is -0.828. The molecular formula is C13H17N5O. The van der Waals surface area contributed by atoms with Gasteiger partial charge >= 0.3 is 0 Å². The van der Waals surface area contributed by atoms with Crippen LogP contribution in [-0.2, 0) is 0 Å². The number of quaternary nitrogens is 1. The largest absolute Gasteiger partial charge is 0.872 e. The number of benzene rings is 1. The van der Waals surface area contributed by atoms with Gasteiger partial charge in [-0.15, -0.1) is 10.2 Å². The van der Waals surface area contributed by atoms with Gasteiger partial charge in [-0.25, -0.2) is 4.68 Å². The molecule has 0 atom stereocenters. The molecule has 0 bridgehead atoms. The van der Waals surface area contributed by atoms with Crippen molar-refractivity contribution in [3.05, 3.63) is 36.4 Å². The number of hydrogen-bond acceptors (Lipinski definition) is 4. The lowest BCUT2D eigenvalue weighted by Gasteiger charge is -2.18. The predicted molar refractivity (Wildman–Crippen MR) is 70.6 cm³/mol. The van der Waals surface area contributed by atoms with E-state index in [0.717, 1.165) is 18.8 Å². The average Bonchev–Trinajstić information content (AvgIpc) is 2.92. The van der Waals surface area contributed by atoms with Gasteiger partial charge in [-0.2, -0.15) is 5.10 Å². The zero-order chi connectivity index (χ0) is 13.7. The van der Waals surface area contributed by atoms with Crippen LogP contribution in [0.5, 0.6) is 5.75 Å². The van der Waals surface area contributed by atoms with Crippen molar-refractivity contribution in [3.8, 4) is 5.75 Å². The summed E-state index contributed by atoms with van der Waals surface area (Å²) in [6.07, 6.45) is 4.46.